The molecule has 194 valence electrons. The first-order valence-corrected chi connectivity index (χ1v) is 13.6. The van der Waals surface area contributed by atoms with Gasteiger partial charge in [0.25, 0.3) is 0 Å². The van der Waals surface area contributed by atoms with Gasteiger partial charge in [0.15, 0.2) is 5.11 Å². The van der Waals surface area contributed by atoms with Gasteiger partial charge in [0.1, 0.15) is 0 Å². The molecule has 0 amide bonds. The van der Waals surface area contributed by atoms with Crippen molar-refractivity contribution in [1.29, 1.82) is 5.26 Å². The third kappa shape index (κ3) is 7.27. The molecule has 0 saturated carbocycles. The number of aromatic nitrogens is 2. The number of hydrogen-bond acceptors (Lipinski definition) is 3. The highest BCUT2D eigenvalue weighted by molar-refractivity contribution is 7.80. The lowest BCUT2D eigenvalue weighted by Crippen LogP contribution is -2.35. The summed E-state index contributed by atoms with van der Waals surface area (Å²) in [6, 6.07) is 21.2. The van der Waals surface area contributed by atoms with Gasteiger partial charge in [-0.1, -0.05) is 65.1 Å². The number of anilines is 1. The molecule has 0 aliphatic heterocycles. The van der Waals surface area contributed by atoms with E-state index in [1.165, 1.54) is 0 Å². The minimum Gasteiger partial charge on any atom is -0.345 e. The lowest BCUT2D eigenvalue weighted by Gasteiger charge is -2.27. The summed E-state index contributed by atoms with van der Waals surface area (Å²) in [4.78, 5) is 6.44. The lowest BCUT2D eigenvalue weighted by atomic mass is 10.1. The van der Waals surface area contributed by atoms with Crippen LogP contribution in [0.3, 0.4) is 0 Å². The van der Waals surface area contributed by atoms with E-state index in [1.807, 2.05) is 74.0 Å². The zero-order valence-electron chi connectivity index (χ0n) is 20.8. The minimum atomic E-state index is 0.509. The Hall–Kier alpha value is -3.08. The maximum absolute atomic E-state index is 9.04. The van der Waals surface area contributed by atoms with Crippen LogP contribution in [0.2, 0.25) is 15.1 Å². The first kappa shape index (κ1) is 27.9. The first-order chi connectivity index (χ1) is 18.3. The van der Waals surface area contributed by atoms with Gasteiger partial charge < -0.3 is 14.8 Å². The average Bonchev–Trinajstić information content (AvgIpc) is 3.35. The number of rotatable bonds is 9. The molecule has 1 heterocycles. The van der Waals surface area contributed by atoms with E-state index in [-0.39, 0.29) is 0 Å². The Morgan fingerprint density at radius 3 is 2.61 bits per heavy atom. The van der Waals surface area contributed by atoms with Gasteiger partial charge in [0.05, 0.1) is 28.0 Å². The summed E-state index contributed by atoms with van der Waals surface area (Å²) in [5.74, 6) is 0. The van der Waals surface area contributed by atoms with Crippen LogP contribution in [0.15, 0.2) is 73.2 Å². The average molecular weight is 583 g/mol. The molecular weight excluding hydrogens is 557 g/mol. The highest BCUT2D eigenvalue weighted by Crippen LogP contribution is 2.27. The third-order valence-corrected chi connectivity index (χ3v) is 7.82. The monoisotopic (exact) mass is 581 g/mol. The van der Waals surface area contributed by atoms with Crippen LogP contribution in [0.5, 0.6) is 0 Å². The summed E-state index contributed by atoms with van der Waals surface area (Å²) in [6.07, 6.45) is 5.39. The number of imidazole rings is 1. The number of nitrogens with zero attached hydrogens (tertiary/aromatic N) is 4. The summed E-state index contributed by atoms with van der Waals surface area (Å²) in [7, 11) is 0. The fraction of sp³-hybridized carbons (Fsp3) is 0.207. The molecule has 9 heteroatoms. The van der Waals surface area contributed by atoms with Crippen LogP contribution >= 0.6 is 47.0 Å². The summed E-state index contributed by atoms with van der Waals surface area (Å²) >= 11 is 24.9. The Kier molecular flexibility index (Phi) is 9.65. The molecule has 0 atom stereocenters. The van der Waals surface area contributed by atoms with Crippen molar-refractivity contribution >= 4 is 57.8 Å². The van der Waals surface area contributed by atoms with E-state index >= 15 is 0 Å². The van der Waals surface area contributed by atoms with E-state index in [9.17, 15) is 0 Å². The molecule has 0 spiro atoms. The highest BCUT2D eigenvalue weighted by atomic mass is 35.5. The van der Waals surface area contributed by atoms with Crippen LogP contribution in [-0.4, -0.2) is 26.1 Å². The van der Waals surface area contributed by atoms with Gasteiger partial charge in [-0.15, -0.1) is 0 Å². The molecule has 0 unspecified atom stereocenters. The second-order valence-corrected chi connectivity index (χ2v) is 10.5. The second kappa shape index (κ2) is 13.1. The largest absolute Gasteiger partial charge is 0.345 e. The molecule has 0 bridgehead atoms. The molecule has 4 aromatic rings. The summed E-state index contributed by atoms with van der Waals surface area (Å²) in [5, 5.41) is 14.6. The fourth-order valence-corrected chi connectivity index (χ4v) is 4.87. The number of nitrogens with one attached hydrogen (secondary N) is 1. The van der Waals surface area contributed by atoms with Crippen molar-refractivity contribution in [3.63, 3.8) is 0 Å². The van der Waals surface area contributed by atoms with Gasteiger partial charge in [-0.25, -0.2) is 4.98 Å². The van der Waals surface area contributed by atoms with Crippen LogP contribution in [0.1, 0.15) is 34.4 Å². The minimum absolute atomic E-state index is 0.509. The molecule has 38 heavy (non-hydrogen) atoms. The van der Waals surface area contributed by atoms with Crippen LogP contribution in [0.25, 0.3) is 0 Å². The maximum Gasteiger partial charge on any atom is 0.173 e. The van der Waals surface area contributed by atoms with Gasteiger partial charge in [0, 0.05) is 42.2 Å². The summed E-state index contributed by atoms with van der Waals surface area (Å²) < 4.78 is 2.13. The molecule has 5 nitrogen and oxygen atoms in total. The van der Waals surface area contributed by atoms with E-state index in [0.717, 1.165) is 40.9 Å². The molecule has 0 fully saturated rings. The second-order valence-electron chi connectivity index (χ2n) is 8.95. The standard InChI is InChI=1S/C29H26Cl3N5S/c1-20-7-12-24(14-27(20)31)35-29(38)36(18-23-4-2-6-26(30)28(23)32)13-3-5-25-16-34-19-37(25)17-22-10-8-21(15-33)9-11-22/h2,4,6-12,14,16,19H,3,5,13,17-18H2,1H3,(H,35,38). The fourth-order valence-electron chi connectivity index (χ4n) is 4.03. The van der Waals surface area contributed by atoms with E-state index in [0.29, 0.717) is 45.4 Å². The van der Waals surface area contributed by atoms with E-state index in [1.54, 1.807) is 6.07 Å². The molecule has 0 radical (unpaired) electrons. The number of nitriles is 1. The smallest absolute Gasteiger partial charge is 0.173 e. The highest BCUT2D eigenvalue weighted by Gasteiger charge is 2.15. The molecule has 3 aromatic carbocycles. The number of thiocarbonyl (C=S) groups is 1. The van der Waals surface area contributed by atoms with Crippen molar-refractivity contribution in [1.82, 2.24) is 14.5 Å². The van der Waals surface area contributed by atoms with Crippen LogP contribution < -0.4 is 5.32 Å². The third-order valence-electron chi connectivity index (χ3n) is 6.20. The van der Waals surface area contributed by atoms with E-state index in [2.05, 4.69) is 25.8 Å². The normalized spacial score (nSPS) is 10.7. The van der Waals surface area contributed by atoms with Crippen LogP contribution in [0.4, 0.5) is 5.69 Å². The van der Waals surface area contributed by atoms with Crippen molar-refractivity contribution in [2.45, 2.75) is 32.9 Å². The molecule has 0 saturated heterocycles. The quantitative estimate of drug-likeness (QED) is 0.203. The zero-order valence-corrected chi connectivity index (χ0v) is 23.9. The van der Waals surface area contributed by atoms with Gasteiger partial charge >= 0.3 is 0 Å². The lowest BCUT2D eigenvalue weighted by molar-refractivity contribution is 0.408. The number of aryl methyl sites for hydroxylation is 2. The predicted molar refractivity (Wildman–Crippen MR) is 160 cm³/mol. The molecule has 1 N–H and O–H groups in total. The predicted octanol–water partition coefficient (Wildman–Crippen LogP) is 7.90. The number of halogens is 3. The van der Waals surface area contributed by atoms with Crippen molar-refractivity contribution in [2.24, 2.45) is 0 Å². The van der Waals surface area contributed by atoms with Gasteiger partial charge in [-0.05, 0) is 79.0 Å². The Labute approximate surface area is 243 Å². The maximum atomic E-state index is 9.04. The van der Waals surface area contributed by atoms with Crippen LogP contribution in [-0.2, 0) is 19.5 Å². The molecule has 4 rings (SSSR count). The summed E-state index contributed by atoms with van der Waals surface area (Å²) in [6.45, 7) is 3.85. The molecular formula is C29H26Cl3N5S. The van der Waals surface area contributed by atoms with Gasteiger partial charge in [-0.2, -0.15) is 5.26 Å². The topological polar surface area (TPSA) is 56.9 Å². The molecule has 0 aliphatic rings. The van der Waals surface area contributed by atoms with Crippen molar-refractivity contribution < 1.29 is 0 Å². The number of benzene rings is 3. The molecule has 0 aliphatic carbocycles. The summed E-state index contributed by atoms with van der Waals surface area (Å²) in [5.41, 5.74) is 5.62. The van der Waals surface area contributed by atoms with E-state index < -0.39 is 0 Å². The zero-order chi connectivity index (χ0) is 27.1. The Morgan fingerprint density at radius 2 is 1.87 bits per heavy atom. The Balaban J connectivity index is 1.45. The van der Waals surface area contributed by atoms with Gasteiger partial charge in [-0.3, -0.25) is 0 Å². The van der Waals surface area contributed by atoms with Crippen molar-refractivity contribution in [3.8, 4) is 6.07 Å². The van der Waals surface area contributed by atoms with E-state index in [4.69, 9.17) is 52.3 Å². The van der Waals surface area contributed by atoms with Crippen molar-refractivity contribution in [2.75, 3.05) is 11.9 Å². The Bertz CT molecular complexity index is 1460. The SMILES string of the molecule is Cc1ccc(NC(=S)N(CCCc2cncn2Cc2ccc(C#N)cc2)Cc2cccc(Cl)c2Cl)cc1Cl. The molecule has 1 aromatic heterocycles. The Morgan fingerprint density at radius 1 is 1.08 bits per heavy atom. The first-order valence-electron chi connectivity index (χ1n) is 12.1. The van der Waals surface area contributed by atoms with Crippen molar-refractivity contribution in [3.05, 3.63) is 116 Å². The number of hydrogen-bond donors (Lipinski definition) is 1. The van der Waals surface area contributed by atoms with Gasteiger partial charge in [0.2, 0.25) is 0 Å². The van der Waals surface area contributed by atoms with Crippen LogP contribution in [0, 0.1) is 18.3 Å².